The highest BCUT2D eigenvalue weighted by Gasteiger charge is 2.15. The lowest BCUT2D eigenvalue weighted by molar-refractivity contribution is 0.581. The number of rotatable bonds is 5. The minimum absolute atomic E-state index is 0.216. The molecule has 112 valence electrons. The number of benzene rings is 1. The van der Waals surface area contributed by atoms with Gasteiger partial charge in [0, 0.05) is 25.5 Å². The number of sulfonamides is 1. The Labute approximate surface area is 125 Å². The van der Waals surface area contributed by atoms with Crippen molar-refractivity contribution >= 4 is 10.0 Å². The van der Waals surface area contributed by atoms with E-state index in [-0.39, 0.29) is 11.4 Å². The van der Waals surface area contributed by atoms with E-state index in [4.69, 9.17) is 5.73 Å². The van der Waals surface area contributed by atoms with Crippen LogP contribution >= 0.6 is 0 Å². The van der Waals surface area contributed by atoms with Crippen molar-refractivity contribution < 1.29 is 8.42 Å². The summed E-state index contributed by atoms with van der Waals surface area (Å²) in [7, 11) is -3.56. The maximum Gasteiger partial charge on any atom is 0.240 e. The van der Waals surface area contributed by atoms with Crippen LogP contribution in [0.15, 0.2) is 41.6 Å². The van der Waals surface area contributed by atoms with Gasteiger partial charge in [0.1, 0.15) is 0 Å². The number of nitrogens with one attached hydrogen (secondary N) is 1. The van der Waals surface area contributed by atoms with Gasteiger partial charge in [-0.25, -0.2) is 13.1 Å². The topological polar surface area (TPSA) is 85.1 Å². The molecule has 0 saturated carbocycles. The summed E-state index contributed by atoms with van der Waals surface area (Å²) in [6, 6.07) is 6.83. The molecule has 5 nitrogen and oxygen atoms in total. The third-order valence-corrected chi connectivity index (χ3v) is 4.85. The standard InChI is InChI=1S/C15H19N3O2S/c1-11-3-4-15(7-13(11)8-16)21(19,20)18-10-14-9-17-6-5-12(14)2/h3-7,9,18H,8,10,16H2,1-2H3. The molecule has 3 N–H and O–H groups in total. The first kappa shape index (κ1) is 15.6. The summed E-state index contributed by atoms with van der Waals surface area (Å²) in [4.78, 5) is 4.24. The van der Waals surface area contributed by atoms with Gasteiger partial charge in [0.2, 0.25) is 10.0 Å². The second kappa shape index (κ2) is 6.34. The van der Waals surface area contributed by atoms with E-state index >= 15 is 0 Å². The second-order valence-corrected chi connectivity index (χ2v) is 6.69. The Morgan fingerprint density at radius 3 is 2.52 bits per heavy atom. The summed E-state index contributed by atoms with van der Waals surface area (Å²) < 4.78 is 27.2. The molecule has 0 fully saturated rings. The highest BCUT2D eigenvalue weighted by atomic mass is 32.2. The first-order valence-electron chi connectivity index (χ1n) is 6.63. The molecule has 1 heterocycles. The molecular formula is C15H19N3O2S. The van der Waals surface area contributed by atoms with Gasteiger partial charge in [-0.15, -0.1) is 0 Å². The minimum Gasteiger partial charge on any atom is -0.326 e. The van der Waals surface area contributed by atoms with Gasteiger partial charge in [-0.2, -0.15) is 0 Å². The van der Waals surface area contributed by atoms with E-state index in [0.717, 1.165) is 22.3 Å². The molecule has 0 saturated heterocycles. The van der Waals surface area contributed by atoms with Crippen LogP contribution in [0.4, 0.5) is 0 Å². The van der Waals surface area contributed by atoms with Gasteiger partial charge < -0.3 is 5.73 Å². The smallest absolute Gasteiger partial charge is 0.240 e. The number of hydrogen-bond acceptors (Lipinski definition) is 4. The van der Waals surface area contributed by atoms with E-state index in [0.29, 0.717) is 6.54 Å². The predicted octanol–water partition coefficient (Wildman–Crippen LogP) is 1.64. The molecule has 2 aromatic rings. The van der Waals surface area contributed by atoms with E-state index in [1.807, 2.05) is 19.9 Å². The third kappa shape index (κ3) is 3.66. The summed E-state index contributed by atoms with van der Waals surface area (Å²) in [5, 5.41) is 0. The predicted molar refractivity (Wildman–Crippen MR) is 82.1 cm³/mol. The van der Waals surface area contributed by atoms with Crippen LogP contribution in [0, 0.1) is 13.8 Å². The van der Waals surface area contributed by atoms with E-state index in [1.165, 1.54) is 0 Å². The summed E-state index contributed by atoms with van der Waals surface area (Å²) in [6.07, 6.45) is 3.35. The maximum atomic E-state index is 12.3. The Hall–Kier alpha value is -1.76. The Bertz CT molecular complexity index is 742. The van der Waals surface area contributed by atoms with Gasteiger partial charge in [0.25, 0.3) is 0 Å². The first-order chi connectivity index (χ1) is 9.94. The highest BCUT2D eigenvalue weighted by Crippen LogP contribution is 2.16. The molecule has 0 spiro atoms. The number of pyridine rings is 1. The molecule has 0 aliphatic heterocycles. The molecule has 21 heavy (non-hydrogen) atoms. The molecule has 6 heteroatoms. The van der Waals surface area contributed by atoms with Gasteiger partial charge in [0.15, 0.2) is 0 Å². The molecule has 0 aliphatic rings. The van der Waals surface area contributed by atoms with E-state index in [9.17, 15) is 8.42 Å². The molecule has 0 atom stereocenters. The van der Waals surface area contributed by atoms with Crippen LogP contribution in [0.3, 0.4) is 0 Å². The fourth-order valence-corrected chi connectivity index (χ4v) is 3.03. The number of nitrogens with two attached hydrogens (primary N) is 1. The number of hydrogen-bond donors (Lipinski definition) is 2. The third-order valence-electron chi connectivity index (χ3n) is 3.45. The molecule has 2 rings (SSSR count). The monoisotopic (exact) mass is 305 g/mol. The minimum atomic E-state index is -3.56. The van der Waals surface area contributed by atoms with E-state index in [1.54, 1.807) is 30.6 Å². The summed E-state index contributed by atoms with van der Waals surface area (Å²) >= 11 is 0. The van der Waals surface area contributed by atoms with Crippen LogP contribution in [-0.2, 0) is 23.1 Å². The highest BCUT2D eigenvalue weighted by molar-refractivity contribution is 7.89. The summed E-state index contributed by atoms with van der Waals surface area (Å²) in [5.74, 6) is 0. The second-order valence-electron chi connectivity index (χ2n) is 4.92. The summed E-state index contributed by atoms with van der Waals surface area (Å²) in [5.41, 5.74) is 9.29. The molecule has 1 aromatic carbocycles. The largest absolute Gasteiger partial charge is 0.326 e. The van der Waals surface area contributed by atoms with Crippen LogP contribution in [0.5, 0.6) is 0 Å². The average molecular weight is 305 g/mol. The fraction of sp³-hybridized carbons (Fsp3) is 0.267. The number of nitrogens with zero attached hydrogens (tertiary/aromatic N) is 1. The number of aryl methyl sites for hydroxylation is 2. The van der Waals surface area contributed by atoms with Crippen molar-refractivity contribution in [2.75, 3.05) is 0 Å². The van der Waals surface area contributed by atoms with Crippen molar-refractivity contribution in [2.24, 2.45) is 5.73 Å². The Morgan fingerprint density at radius 1 is 1.14 bits per heavy atom. The van der Waals surface area contributed by atoms with Gasteiger partial charge in [-0.1, -0.05) is 6.07 Å². The van der Waals surface area contributed by atoms with Gasteiger partial charge >= 0.3 is 0 Å². The lowest BCUT2D eigenvalue weighted by atomic mass is 10.1. The Morgan fingerprint density at radius 2 is 1.86 bits per heavy atom. The summed E-state index contributed by atoms with van der Waals surface area (Å²) in [6.45, 7) is 4.36. The Balaban J connectivity index is 2.21. The van der Waals surface area contributed by atoms with Crippen LogP contribution in [0.2, 0.25) is 0 Å². The van der Waals surface area contributed by atoms with Crippen molar-refractivity contribution in [3.05, 3.63) is 58.9 Å². The molecule has 0 amide bonds. The quantitative estimate of drug-likeness (QED) is 0.879. The molecule has 1 aromatic heterocycles. The van der Waals surface area contributed by atoms with Crippen molar-refractivity contribution in [3.8, 4) is 0 Å². The molecule has 0 bridgehead atoms. The van der Waals surface area contributed by atoms with Gasteiger partial charge in [-0.3, -0.25) is 4.98 Å². The zero-order chi connectivity index (χ0) is 15.5. The number of aromatic nitrogens is 1. The van der Waals surface area contributed by atoms with Crippen LogP contribution in [0.1, 0.15) is 22.3 Å². The van der Waals surface area contributed by atoms with Crippen molar-refractivity contribution in [1.82, 2.24) is 9.71 Å². The first-order valence-corrected chi connectivity index (χ1v) is 8.11. The Kier molecular flexibility index (Phi) is 4.72. The lowest BCUT2D eigenvalue weighted by Gasteiger charge is -2.10. The van der Waals surface area contributed by atoms with Crippen molar-refractivity contribution in [1.29, 1.82) is 0 Å². The zero-order valence-corrected chi connectivity index (χ0v) is 12.9. The van der Waals surface area contributed by atoms with Crippen LogP contribution in [-0.4, -0.2) is 13.4 Å². The normalized spacial score (nSPS) is 11.6. The molecule has 0 radical (unpaired) electrons. The maximum absolute atomic E-state index is 12.3. The van der Waals surface area contributed by atoms with Gasteiger partial charge in [-0.05, 0) is 54.3 Å². The molecule has 0 aliphatic carbocycles. The lowest BCUT2D eigenvalue weighted by Crippen LogP contribution is -2.24. The van der Waals surface area contributed by atoms with E-state index < -0.39 is 10.0 Å². The fourth-order valence-electron chi connectivity index (χ4n) is 1.97. The zero-order valence-electron chi connectivity index (χ0n) is 12.1. The van der Waals surface area contributed by atoms with Crippen molar-refractivity contribution in [3.63, 3.8) is 0 Å². The van der Waals surface area contributed by atoms with Crippen molar-refractivity contribution in [2.45, 2.75) is 31.8 Å². The van der Waals surface area contributed by atoms with Gasteiger partial charge in [0.05, 0.1) is 4.90 Å². The van der Waals surface area contributed by atoms with Crippen LogP contribution in [0.25, 0.3) is 0 Å². The van der Waals surface area contributed by atoms with E-state index in [2.05, 4.69) is 9.71 Å². The average Bonchev–Trinajstić information content (AvgIpc) is 2.46. The molecular weight excluding hydrogens is 286 g/mol. The van der Waals surface area contributed by atoms with Crippen LogP contribution < -0.4 is 10.5 Å². The SMILES string of the molecule is Cc1ccc(S(=O)(=O)NCc2cnccc2C)cc1CN. The molecule has 0 unspecified atom stereocenters.